The summed E-state index contributed by atoms with van der Waals surface area (Å²) in [5, 5.41) is 0. The van der Waals surface area contributed by atoms with Crippen LogP contribution < -0.4 is 28.4 Å². The molecular formula is C37H48O6. The van der Waals surface area contributed by atoms with Crippen LogP contribution in [0, 0.1) is 5.92 Å². The molecule has 0 heterocycles. The average molecular weight is 589 g/mol. The zero-order valence-electron chi connectivity index (χ0n) is 26.9. The summed E-state index contributed by atoms with van der Waals surface area (Å²) in [6, 6.07) is 16.2. The van der Waals surface area contributed by atoms with Crippen molar-refractivity contribution < 1.29 is 28.4 Å². The van der Waals surface area contributed by atoms with Crippen molar-refractivity contribution in [2.24, 2.45) is 5.92 Å². The second kappa shape index (κ2) is 17.8. The molecule has 3 rings (SSSR count). The van der Waals surface area contributed by atoms with Gasteiger partial charge in [0.25, 0.3) is 0 Å². The van der Waals surface area contributed by atoms with Crippen LogP contribution in [0.4, 0.5) is 0 Å². The van der Waals surface area contributed by atoms with Gasteiger partial charge in [0.1, 0.15) is 0 Å². The van der Waals surface area contributed by atoms with Crippen LogP contribution in [0.15, 0.2) is 48.5 Å². The third-order valence-electron chi connectivity index (χ3n) is 7.30. The normalized spacial score (nSPS) is 12.0. The molecule has 232 valence electrons. The molecule has 0 fully saturated rings. The Bertz CT molecular complexity index is 1280. The second-order valence-electron chi connectivity index (χ2n) is 10.4. The minimum absolute atomic E-state index is 0.517. The first kappa shape index (κ1) is 33.4. The Morgan fingerprint density at radius 2 is 0.977 bits per heavy atom. The van der Waals surface area contributed by atoms with Crippen molar-refractivity contribution in [3.63, 3.8) is 0 Å². The van der Waals surface area contributed by atoms with Gasteiger partial charge in [-0.25, -0.2) is 0 Å². The molecular weight excluding hydrogens is 540 g/mol. The van der Waals surface area contributed by atoms with Crippen molar-refractivity contribution in [2.75, 3.05) is 41.7 Å². The molecule has 0 spiro atoms. The standard InChI is InChI=1S/C37H48O6/c1-8-11-12-27(10-3)26-43-37-34(40-6)24-31(25-35(37)41-7)20-18-29-15-13-28(14-16-29)17-19-30-22-32(38-4)36(42-21-9-2)33(23-30)39-5/h13-20,22-25,27H,8-12,21,26H2,1-7H3/b19-17+,20-18+. The topological polar surface area (TPSA) is 55.4 Å². The van der Waals surface area contributed by atoms with Crippen molar-refractivity contribution in [1.82, 2.24) is 0 Å². The highest BCUT2D eigenvalue weighted by atomic mass is 16.5. The van der Waals surface area contributed by atoms with E-state index in [1.54, 1.807) is 28.4 Å². The van der Waals surface area contributed by atoms with Crippen LogP contribution in [0.3, 0.4) is 0 Å². The summed E-state index contributed by atoms with van der Waals surface area (Å²) in [6.07, 6.45) is 13.8. The van der Waals surface area contributed by atoms with Crippen LogP contribution in [-0.4, -0.2) is 41.7 Å². The highest BCUT2D eigenvalue weighted by Gasteiger charge is 2.16. The van der Waals surface area contributed by atoms with Crippen molar-refractivity contribution in [3.05, 3.63) is 70.8 Å². The van der Waals surface area contributed by atoms with E-state index in [2.05, 4.69) is 63.3 Å². The molecule has 0 aliphatic carbocycles. The molecule has 0 aliphatic rings. The Labute approximate surface area is 258 Å². The van der Waals surface area contributed by atoms with Gasteiger partial charge in [-0.15, -0.1) is 0 Å². The molecule has 43 heavy (non-hydrogen) atoms. The lowest BCUT2D eigenvalue weighted by Gasteiger charge is -2.19. The summed E-state index contributed by atoms with van der Waals surface area (Å²) < 4.78 is 34.6. The molecule has 0 aromatic heterocycles. The maximum absolute atomic E-state index is 6.23. The van der Waals surface area contributed by atoms with Crippen molar-refractivity contribution >= 4 is 24.3 Å². The van der Waals surface area contributed by atoms with E-state index < -0.39 is 0 Å². The Morgan fingerprint density at radius 3 is 1.35 bits per heavy atom. The van der Waals surface area contributed by atoms with Crippen LogP contribution in [-0.2, 0) is 0 Å². The fraction of sp³-hybridized carbons (Fsp3) is 0.405. The Kier molecular flexibility index (Phi) is 13.8. The van der Waals surface area contributed by atoms with E-state index >= 15 is 0 Å². The van der Waals surface area contributed by atoms with Gasteiger partial charge >= 0.3 is 0 Å². The lowest BCUT2D eigenvalue weighted by atomic mass is 10.0. The van der Waals surface area contributed by atoms with Crippen molar-refractivity contribution in [2.45, 2.75) is 52.9 Å². The van der Waals surface area contributed by atoms with E-state index in [1.807, 2.05) is 30.3 Å². The lowest BCUT2D eigenvalue weighted by molar-refractivity contribution is 0.215. The van der Waals surface area contributed by atoms with Gasteiger partial charge in [-0.3, -0.25) is 0 Å². The third-order valence-corrected chi connectivity index (χ3v) is 7.30. The van der Waals surface area contributed by atoms with E-state index in [-0.39, 0.29) is 0 Å². The van der Waals surface area contributed by atoms with E-state index in [4.69, 9.17) is 28.4 Å². The molecule has 3 aromatic rings. The third kappa shape index (κ3) is 9.74. The summed E-state index contributed by atoms with van der Waals surface area (Å²) in [6.45, 7) is 7.75. The van der Waals surface area contributed by atoms with Gasteiger partial charge in [0, 0.05) is 0 Å². The smallest absolute Gasteiger partial charge is 0.203 e. The zero-order chi connectivity index (χ0) is 31.0. The second-order valence-corrected chi connectivity index (χ2v) is 10.4. The van der Waals surface area contributed by atoms with E-state index in [0.29, 0.717) is 53.6 Å². The quantitative estimate of drug-likeness (QED) is 0.138. The van der Waals surface area contributed by atoms with Crippen LogP contribution in [0.5, 0.6) is 34.5 Å². The fourth-order valence-corrected chi connectivity index (χ4v) is 4.68. The Morgan fingerprint density at radius 1 is 0.558 bits per heavy atom. The molecule has 0 saturated carbocycles. The maximum atomic E-state index is 6.23. The fourth-order valence-electron chi connectivity index (χ4n) is 4.68. The van der Waals surface area contributed by atoms with Crippen LogP contribution >= 0.6 is 0 Å². The average Bonchev–Trinajstić information content (AvgIpc) is 3.05. The number of rotatable bonds is 18. The summed E-state index contributed by atoms with van der Waals surface area (Å²) in [4.78, 5) is 0. The molecule has 3 aromatic carbocycles. The van der Waals surface area contributed by atoms with Crippen molar-refractivity contribution in [1.29, 1.82) is 0 Å². The van der Waals surface area contributed by atoms with Gasteiger partial charge in [-0.1, -0.05) is 88.6 Å². The Balaban J connectivity index is 1.72. The molecule has 6 nitrogen and oxygen atoms in total. The summed E-state index contributed by atoms with van der Waals surface area (Å²) in [5.74, 6) is 4.45. The number of unbranched alkanes of at least 4 members (excludes halogenated alkanes) is 1. The van der Waals surface area contributed by atoms with Crippen LogP contribution in [0.25, 0.3) is 24.3 Å². The Hall–Kier alpha value is -4.06. The highest BCUT2D eigenvalue weighted by Crippen LogP contribution is 2.40. The van der Waals surface area contributed by atoms with E-state index in [0.717, 1.165) is 41.5 Å². The van der Waals surface area contributed by atoms with Crippen LogP contribution in [0.1, 0.15) is 75.1 Å². The first-order chi connectivity index (χ1) is 21.0. The van der Waals surface area contributed by atoms with Gasteiger partial charge < -0.3 is 28.4 Å². The first-order valence-electron chi connectivity index (χ1n) is 15.2. The molecule has 0 radical (unpaired) electrons. The SMILES string of the molecule is CCCCC(CC)COc1c(OC)cc(/C=C/c2ccc(/C=C/c3cc(OC)c(OCCC)c(OC)c3)cc2)cc1OC. The molecule has 0 amide bonds. The molecule has 0 saturated heterocycles. The highest BCUT2D eigenvalue weighted by molar-refractivity contribution is 5.75. The van der Waals surface area contributed by atoms with Gasteiger partial charge in [-0.05, 0) is 65.3 Å². The predicted octanol–water partition coefficient (Wildman–Crippen LogP) is 9.45. The number of methoxy groups -OCH3 is 4. The summed E-state index contributed by atoms with van der Waals surface area (Å²) >= 11 is 0. The molecule has 0 bridgehead atoms. The summed E-state index contributed by atoms with van der Waals surface area (Å²) in [7, 11) is 6.60. The minimum atomic E-state index is 0.517. The molecule has 6 heteroatoms. The lowest BCUT2D eigenvalue weighted by Crippen LogP contribution is -2.12. The molecule has 0 aliphatic heterocycles. The molecule has 1 atom stereocenters. The largest absolute Gasteiger partial charge is 0.493 e. The van der Waals surface area contributed by atoms with Crippen molar-refractivity contribution in [3.8, 4) is 34.5 Å². The van der Waals surface area contributed by atoms with Crippen LogP contribution in [0.2, 0.25) is 0 Å². The number of benzene rings is 3. The van der Waals surface area contributed by atoms with Gasteiger partial charge in [0.15, 0.2) is 23.0 Å². The monoisotopic (exact) mass is 588 g/mol. The zero-order valence-corrected chi connectivity index (χ0v) is 26.9. The maximum Gasteiger partial charge on any atom is 0.203 e. The minimum Gasteiger partial charge on any atom is -0.493 e. The number of ether oxygens (including phenoxy) is 6. The number of hydrogen-bond donors (Lipinski definition) is 0. The predicted molar refractivity (Wildman–Crippen MR) is 178 cm³/mol. The number of hydrogen-bond acceptors (Lipinski definition) is 6. The molecule has 1 unspecified atom stereocenters. The van der Waals surface area contributed by atoms with Gasteiger partial charge in [0.05, 0.1) is 41.7 Å². The van der Waals surface area contributed by atoms with Gasteiger partial charge in [0.2, 0.25) is 11.5 Å². The first-order valence-corrected chi connectivity index (χ1v) is 15.2. The van der Waals surface area contributed by atoms with Gasteiger partial charge in [-0.2, -0.15) is 0 Å². The summed E-state index contributed by atoms with van der Waals surface area (Å²) in [5.41, 5.74) is 4.09. The van der Waals surface area contributed by atoms with E-state index in [1.165, 1.54) is 12.8 Å². The van der Waals surface area contributed by atoms with E-state index in [9.17, 15) is 0 Å². The molecule has 0 N–H and O–H groups in total.